The highest BCUT2D eigenvalue weighted by atomic mass is 16.5. The number of aliphatic carboxylic acids is 1. The molecule has 0 saturated carbocycles. The van der Waals surface area contributed by atoms with Crippen LogP contribution in [0.4, 0.5) is 0 Å². The molecule has 0 spiro atoms. The molecule has 126 valence electrons. The van der Waals surface area contributed by atoms with Crippen molar-refractivity contribution in [2.75, 3.05) is 7.11 Å². The third-order valence-electron chi connectivity index (χ3n) is 4.86. The highest BCUT2D eigenvalue weighted by Gasteiger charge is 2.32. The Morgan fingerprint density at radius 1 is 1.12 bits per heavy atom. The van der Waals surface area contributed by atoms with Gasteiger partial charge in [0.25, 0.3) is 0 Å². The van der Waals surface area contributed by atoms with Gasteiger partial charge in [-0.1, -0.05) is 43.3 Å². The summed E-state index contributed by atoms with van der Waals surface area (Å²) in [6.45, 7) is 2.18. The van der Waals surface area contributed by atoms with Crippen LogP contribution in [0.1, 0.15) is 31.4 Å². The molecule has 2 aromatic carbocycles. The molecule has 1 aliphatic rings. The fourth-order valence-electron chi connectivity index (χ4n) is 3.45. The van der Waals surface area contributed by atoms with Crippen LogP contribution in [0.5, 0.6) is 5.75 Å². The number of hydrogen-bond acceptors (Lipinski definition) is 3. The van der Waals surface area contributed by atoms with Gasteiger partial charge in [0.15, 0.2) is 0 Å². The van der Waals surface area contributed by atoms with E-state index in [9.17, 15) is 9.90 Å². The second kappa shape index (κ2) is 7.05. The molecule has 4 nitrogen and oxygen atoms in total. The van der Waals surface area contributed by atoms with E-state index in [2.05, 4.69) is 24.4 Å². The summed E-state index contributed by atoms with van der Waals surface area (Å²) in [6, 6.07) is 15.8. The minimum absolute atomic E-state index is 0.0400. The van der Waals surface area contributed by atoms with E-state index in [0.717, 1.165) is 28.9 Å². The molecule has 2 aromatic rings. The average molecular weight is 325 g/mol. The molecule has 1 unspecified atom stereocenters. The maximum atomic E-state index is 11.4. The van der Waals surface area contributed by atoms with Crippen LogP contribution in [0.15, 0.2) is 48.5 Å². The van der Waals surface area contributed by atoms with Gasteiger partial charge in [-0.2, -0.15) is 0 Å². The van der Waals surface area contributed by atoms with E-state index in [-0.39, 0.29) is 6.04 Å². The van der Waals surface area contributed by atoms with Crippen LogP contribution >= 0.6 is 0 Å². The normalized spacial score (nSPS) is 23.7. The molecular weight excluding hydrogens is 302 g/mol. The average Bonchev–Trinajstić information content (AvgIpc) is 2.62. The van der Waals surface area contributed by atoms with Gasteiger partial charge in [-0.25, -0.2) is 0 Å². The number of nitrogens with one attached hydrogen (secondary N) is 1. The summed E-state index contributed by atoms with van der Waals surface area (Å²) in [5, 5.41) is 12.7. The van der Waals surface area contributed by atoms with Crippen molar-refractivity contribution in [3.63, 3.8) is 0 Å². The lowest BCUT2D eigenvalue weighted by Gasteiger charge is -2.35. The van der Waals surface area contributed by atoms with Crippen molar-refractivity contribution in [2.45, 2.75) is 31.8 Å². The minimum Gasteiger partial charge on any atom is -0.497 e. The maximum absolute atomic E-state index is 11.4. The summed E-state index contributed by atoms with van der Waals surface area (Å²) < 4.78 is 5.23. The molecular formula is C20H23NO3. The van der Waals surface area contributed by atoms with Gasteiger partial charge < -0.3 is 9.84 Å². The number of carboxylic acids is 1. The topological polar surface area (TPSA) is 58.6 Å². The summed E-state index contributed by atoms with van der Waals surface area (Å²) in [4.78, 5) is 11.4. The highest BCUT2D eigenvalue weighted by Crippen LogP contribution is 2.37. The first-order valence-corrected chi connectivity index (χ1v) is 8.32. The molecule has 1 fully saturated rings. The van der Waals surface area contributed by atoms with Crippen molar-refractivity contribution in [2.24, 2.45) is 5.92 Å². The third kappa shape index (κ3) is 3.29. The zero-order chi connectivity index (χ0) is 17.1. The van der Waals surface area contributed by atoms with Gasteiger partial charge in [-0.15, -0.1) is 0 Å². The van der Waals surface area contributed by atoms with Crippen molar-refractivity contribution >= 4 is 5.97 Å². The first-order valence-electron chi connectivity index (χ1n) is 8.32. The van der Waals surface area contributed by atoms with Gasteiger partial charge in [-0.3, -0.25) is 10.1 Å². The van der Waals surface area contributed by atoms with Crippen LogP contribution in [-0.4, -0.2) is 24.2 Å². The quantitative estimate of drug-likeness (QED) is 0.896. The number of hydrogen-bond donors (Lipinski definition) is 2. The number of carbonyl (C=O) groups is 1. The lowest BCUT2D eigenvalue weighted by Crippen LogP contribution is -2.45. The second-order valence-electron chi connectivity index (χ2n) is 6.41. The first-order chi connectivity index (χ1) is 11.6. The Morgan fingerprint density at radius 2 is 1.83 bits per heavy atom. The minimum atomic E-state index is -0.770. The molecule has 0 aromatic heterocycles. The van der Waals surface area contributed by atoms with Crippen molar-refractivity contribution in [1.82, 2.24) is 5.32 Å². The number of methoxy groups -OCH3 is 1. The summed E-state index contributed by atoms with van der Waals surface area (Å²) >= 11 is 0. The zero-order valence-corrected chi connectivity index (χ0v) is 14.0. The van der Waals surface area contributed by atoms with Crippen LogP contribution in [0.2, 0.25) is 0 Å². The van der Waals surface area contributed by atoms with Gasteiger partial charge in [0.1, 0.15) is 11.8 Å². The Bertz CT molecular complexity index is 711. The standard InChI is InChI=1S/C20H23NO3/c1-13-7-12-18(20(22)23)21-19(13)17-6-4-3-5-16(17)14-8-10-15(24-2)11-9-14/h3-6,8-11,13,18-19,21H,7,12H2,1-2H3,(H,22,23)/t13-,18?,19-/m1/s1. The summed E-state index contributed by atoms with van der Waals surface area (Å²) in [6.07, 6.45) is 1.59. The maximum Gasteiger partial charge on any atom is 0.320 e. The molecule has 0 amide bonds. The summed E-state index contributed by atoms with van der Waals surface area (Å²) in [5.74, 6) is 0.445. The number of ether oxygens (including phenoxy) is 1. The lowest BCUT2D eigenvalue weighted by molar-refractivity contribution is -0.140. The molecule has 2 N–H and O–H groups in total. The Morgan fingerprint density at radius 3 is 2.50 bits per heavy atom. The molecule has 1 heterocycles. The molecule has 1 saturated heterocycles. The zero-order valence-electron chi connectivity index (χ0n) is 14.0. The van der Waals surface area contributed by atoms with E-state index in [1.165, 1.54) is 0 Å². The second-order valence-corrected chi connectivity index (χ2v) is 6.41. The van der Waals surface area contributed by atoms with Crippen molar-refractivity contribution in [3.05, 3.63) is 54.1 Å². The molecule has 4 heteroatoms. The van der Waals surface area contributed by atoms with Gasteiger partial charge in [-0.05, 0) is 47.6 Å². The lowest BCUT2D eigenvalue weighted by atomic mass is 9.82. The molecule has 24 heavy (non-hydrogen) atoms. The van der Waals surface area contributed by atoms with Gasteiger partial charge >= 0.3 is 5.97 Å². The number of rotatable bonds is 4. The van der Waals surface area contributed by atoms with E-state index in [4.69, 9.17) is 4.74 Å². The Balaban J connectivity index is 1.97. The highest BCUT2D eigenvalue weighted by molar-refractivity contribution is 5.74. The van der Waals surface area contributed by atoms with Crippen LogP contribution in [0, 0.1) is 5.92 Å². The molecule has 0 bridgehead atoms. The predicted molar refractivity (Wildman–Crippen MR) is 94.1 cm³/mol. The fourth-order valence-corrected chi connectivity index (χ4v) is 3.45. The summed E-state index contributed by atoms with van der Waals surface area (Å²) in [7, 11) is 1.66. The molecule has 1 aliphatic heterocycles. The largest absolute Gasteiger partial charge is 0.497 e. The van der Waals surface area contributed by atoms with Gasteiger partial charge in [0, 0.05) is 6.04 Å². The van der Waals surface area contributed by atoms with Crippen LogP contribution in [0.25, 0.3) is 11.1 Å². The molecule has 3 rings (SSSR count). The predicted octanol–water partition coefficient (Wildman–Crippen LogP) is 3.88. The third-order valence-corrected chi connectivity index (χ3v) is 4.86. The van der Waals surface area contributed by atoms with E-state index in [0.29, 0.717) is 12.3 Å². The van der Waals surface area contributed by atoms with Crippen molar-refractivity contribution < 1.29 is 14.6 Å². The van der Waals surface area contributed by atoms with Crippen LogP contribution < -0.4 is 10.1 Å². The molecule has 0 aliphatic carbocycles. The van der Waals surface area contributed by atoms with E-state index in [1.54, 1.807) is 7.11 Å². The smallest absolute Gasteiger partial charge is 0.320 e. The fraction of sp³-hybridized carbons (Fsp3) is 0.350. The Labute approximate surface area is 142 Å². The number of benzene rings is 2. The number of piperidine rings is 1. The van der Waals surface area contributed by atoms with Crippen molar-refractivity contribution in [1.29, 1.82) is 0 Å². The van der Waals surface area contributed by atoms with E-state index >= 15 is 0 Å². The van der Waals surface area contributed by atoms with Gasteiger partial charge in [0.2, 0.25) is 0 Å². The summed E-state index contributed by atoms with van der Waals surface area (Å²) in [5.41, 5.74) is 3.40. The van der Waals surface area contributed by atoms with Crippen LogP contribution in [0.3, 0.4) is 0 Å². The molecule has 3 atom stereocenters. The van der Waals surface area contributed by atoms with Crippen LogP contribution in [-0.2, 0) is 4.79 Å². The Hall–Kier alpha value is -2.33. The van der Waals surface area contributed by atoms with E-state index < -0.39 is 12.0 Å². The SMILES string of the molecule is COc1ccc(-c2ccccc2[C@@H]2NC(C(=O)O)CC[C@H]2C)cc1. The van der Waals surface area contributed by atoms with E-state index in [1.807, 2.05) is 36.4 Å². The van der Waals surface area contributed by atoms with Crippen molar-refractivity contribution in [3.8, 4) is 16.9 Å². The Kier molecular flexibility index (Phi) is 4.86. The number of carboxylic acid groups (broad SMARTS) is 1. The monoisotopic (exact) mass is 325 g/mol. The first kappa shape index (κ1) is 16.5. The van der Waals surface area contributed by atoms with Gasteiger partial charge in [0.05, 0.1) is 7.11 Å². The molecule has 0 radical (unpaired) electrons.